The maximum absolute atomic E-state index is 14.1. The average molecular weight is 588 g/mol. The normalized spacial score (nSPS) is 22.3. The van der Waals surface area contributed by atoms with Crippen LogP contribution in [0.5, 0.6) is 23.0 Å². The van der Waals surface area contributed by atoms with E-state index in [-0.39, 0.29) is 48.5 Å². The highest BCUT2D eigenvalue weighted by molar-refractivity contribution is 7.89. The Kier molecular flexibility index (Phi) is 8.88. The van der Waals surface area contributed by atoms with Gasteiger partial charge in [-0.25, -0.2) is 8.42 Å². The number of hydrogen-bond acceptors (Lipinski definition) is 8. The number of sulfonamides is 1. The first-order valence-electron chi connectivity index (χ1n) is 14.0. The van der Waals surface area contributed by atoms with E-state index >= 15 is 0 Å². The van der Waals surface area contributed by atoms with Crippen LogP contribution < -0.4 is 29.6 Å². The molecule has 0 unspecified atom stereocenters. The Labute approximate surface area is 240 Å². The zero-order chi connectivity index (χ0) is 29.0. The molecule has 2 aromatic carbocycles. The van der Waals surface area contributed by atoms with Gasteiger partial charge in [0.15, 0.2) is 23.0 Å². The van der Waals surface area contributed by atoms with E-state index in [2.05, 4.69) is 10.6 Å². The van der Waals surface area contributed by atoms with Crippen LogP contribution in [0.1, 0.15) is 43.2 Å². The molecule has 0 aromatic heterocycles. The minimum atomic E-state index is -4.09. The first kappa shape index (κ1) is 29.0. The molecule has 222 valence electrons. The largest absolute Gasteiger partial charge is 0.493 e. The number of benzene rings is 2. The number of fused-ring (bicyclic) bond motifs is 5. The van der Waals surface area contributed by atoms with E-state index in [4.69, 9.17) is 18.9 Å². The highest BCUT2D eigenvalue weighted by Gasteiger charge is 2.44. The standard InChI is InChI=1S/C29H37N3O8S/c1-37-24-16-19-8-11-26(33)31-18-22-10-9-21(17-27(34)30-12-4-5-20(15-19)28(24)38-2)32(22)41(35,36)25-7-3-6-23-29(25)40-14-13-39-23/h3,6-7,15-16,21-22H,4-5,8-14,17-18H2,1-2H3,(H,30,34)(H,31,33)/t21-,22+/m0/s1. The Bertz CT molecular complexity index is 1400. The van der Waals surface area contributed by atoms with E-state index < -0.39 is 22.1 Å². The fourth-order valence-corrected chi connectivity index (χ4v) is 7.90. The van der Waals surface area contributed by atoms with Gasteiger partial charge in [-0.05, 0) is 61.4 Å². The van der Waals surface area contributed by atoms with Crippen molar-refractivity contribution in [1.82, 2.24) is 14.9 Å². The number of carbonyl (C=O) groups excluding carboxylic acids is 2. The molecule has 41 heavy (non-hydrogen) atoms. The van der Waals surface area contributed by atoms with E-state index in [1.807, 2.05) is 12.1 Å². The van der Waals surface area contributed by atoms with Crippen LogP contribution in [0.4, 0.5) is 0 Å². The number of ether oxygens (including phenoxy) is 4. The summed E-state index contributed by atoms with van der Waals surface area (Å²) in [7, 11) is -0.923. The molecule has 1 fully saturated rings. The topological polar surface area (TPSA) is 132 Å². The molecule has 3 heterocycles. The summed E-state index contributed by atoms with van der Waals surface area (Å²) >= 11 is 0. The van der Waals surface area contributed by atoms with Gasteiger partial charge in [-0.3, -0.25) is 9.59 Å². The van der Waals surface area contributed by atoms with Crippen LogP contribution in [0.2, 0.25) is 0 Å². The smallest absolute Gasteiger partial charge is 0.247 e. The van der Waals surface area contributed by atoms with Crippen LogP contribution >= 0.6 is 0 Å². The van der Waals surface area contributed by atoms with Gasteiger partial charge in [0, 0.05) is 38.0 Å². The zero-order valence-electron chi connectivity index (χ0n) is 23.4. The highest BCUT2D eigenvalue weighted by atomic mass is 32.2. The molecular formula is C29H37N3O8S. The van der Waals surface area contributed by atoms with Crippen molar-refractivity contribution in [2.24, 2.45) is 0 Å². The summed E-state index contributed by atoms with van der Waals surface area (Å²) in [4.78, 5) is 25.9. The average Bonchev–Trinajstić information content (AvgIpc) is 3.39. The summed E-state index contributed by atoms with van der Waals surface area (Å²) in [6.45, 7) is 1.14. The van der Waals surface area contributed by atoms with Crippen molar-refractivity contribution in [3.63, 3.8) is 0 Å². The van der Waals surface area contributed by atoms with Crippen molar-refractivity contribution >= 4 is 21.8 Å². The summed E-state index contributed by atoms with van der Waals surface area (Å²) in [5.74, 6) is 1.38. The monoisotopic (exact) mass is 587 g/mol. The fraction of sp³-hybridized carbons (Fsp3) is 0.517. The summed E-state index contributed by atoms with van der Waals surface area (Å²) in [6, 6.07) is 7.61. The number of carbonyl (C=O) groups is 2. The Hall–Kier alpha value is -3.51. The van der Waals surface area contributed by atoms with Gasteiger partial charge in [-0.1, -0.05) is 12.1 Å². The van der Waals surface area contributed by atoms with Gasteiger partial charge in [-0.2, -0.15) is 4.31 Å². The lowest BCUT2D eigenvalue weighted by Crippen LogP contribution is -2.47. The molecule has 12 heteroatoms. The van der Waals surface area contributed by atoms with Crippen LogP contribution in [-0.4, -0.2) is 77.1 Å². The minimum Gasteiger partial charge on any atom is -0.493 e. The lowest BCUT2D eigenvalue weighted by molar-refractivity contribution is -0.122. The maximum Gasteiger partial charge on any atom is 0.247 e. The molecule has 1 saturated heterocycles. The van der Waals surface area contributed by atoms with Crippen molar-refractivity contribution in [2.45, 2.75) is 61.9 Å². The highest BCUT2D eigenvalue weighted by Crippen LogP contribution is 2.41. The van der Waals surface area contributed by atoms with Crippen molar-refractivity contribution in [3.8, 4) is 23.0 Å². The van der Waals surface area contributed by atoms with E-state index in [1.165, 1.54) is 10.4 Å². The summed E-state index contributed by atoms with van der Waals surface area (Å²) < 4.78 is 52.1. The van der Waals surface area contributed by atoms with Crippen molar-refractivity contribution in [1.29, 1.82) is 0 Å². The molecule has 11 nitrogen and oxygen atoms in total. The molecule has 2 N–H and O–H groups in total. The van der Waals surface area contributed by atoms with Crippen LogP contribution in [0, 0.1) is 0 Å². The fourth-order valence-electron chi connectivity index (χ4n) is 5.88. The molecular weight excluding hydrogens is 550 g/mol. The van der Waals surface area contributed by atoms with Gasteiger partial charge in [-0.15, -0.1) is 0 Å². The second-order valence-electron chi connectivity index (χ2n) is 10.5. The molecule has 5 rings (SSSR count). The molecule has 2 amide bonds. The Morgan fingerprint density at radius 1 is 0.927 bits per heavy atom. The molecule has 0 saturated carbocycles. The molecule has 2 aromatic rings. The lowest BCUT2D eigenvalue weighted by atomic mass is 10.0. The van der Waals surface area contributed by atoms with Crippen molar-refractivity contribution in [2.75, 3.05) is 40.5 Å². The predicted molar refractivity (Wildman–Crippen MR) is 150 cm³/mol. The van der Waals surface area contributed by atoms with Crippen LogP contribution in [0.15, 0.2) is 35.2 Å². The molecule has 4 bridgehead atoms. The van der Waals surface area contributed by atoms with Gasteiger partial charge < -0.3 is 29.6 Å². The zero-order valence-corrected chi connectivity index (χ0v) is 24.3. The number of hydrogen-bond donors (Lipinski definition) is 2. The number of nitrogens with one attached hydrogen (secondary N) is 2. The van der Waals surface area contributed by atoms with E-state index in [0.29, 0.717) is 62.5 Å². The summed E-state index contributed by atoms with van der Waals surface area (Å²) in [5, 5.41) is 5.89. The number of aryl methyl sites for hydroxylation is 2. The number of para-hydroxylation sites is 1. The Balaban J connectivity index is 1.42. The molecule has 3 aliphatic heterocycles. The lowest BCUT2D eigenvalue weighted by Gasteiger charge is -2.31. The van der Waals surface area contributed by atoms with Crippen LogP contribution in [0.25, 0.3) is 0 Å². The Morgan fingerprint density at radius 2 is 1.73 bits per heavy atom. The van der Waals surface area contributed by atoms with Gasteiger partial charge in [0.2, 0.25) is 21.8 Å². The Morgan fingerprint density at radius 3 is 2.54 bits per heavy atom. The number of methoxy groups -OCH3 is 2. The van der Waals surface area contributed by atoms with Crippen molar-refractivity contribution in [3.05, 3.63) is 41.5 Å². The summed E-state index contributed by atoms with van der Waals surface area (Å²) in [5.41, 5.74) is 1.87. The third kappa shape index (κ3) is 6.23. The molecule has 2 atom stereocenters. The second kappa shape index (κ2) is 12.6. The third-order valence-electron chi connectivity index (χ3n) is 7.80. The van der Waals surface area contributed by atoms with Gasteiger partial charge in [0.05, 0.1) is 14.2 Å². The number of nitrogens with zero attached hydrogens (tertiary/aromatic N) is 1. The predicted octanol–water partition coefficient (Wildman–Crippen LogP) is 2.20. The van der Waals surface area contributed by atoms with E-state index in [9.17, 15) is 18.0 Å². The van der Waals surface area contributed by atoms with Gasteiger partial charge in [0.25, 0.3) is 0 Å². The number of amides is 2. The molecule has 0 aliphatic carbocycles. The number of rotatable bonds is 4. The SMILES string of the molecule is COc1cc2cc(c1OC)CCCNC(=O)C[C@@H]1CC[C@H](CNC(=O)CC2)N1S(=O)(=O)c1cccc2c1OCCO2. The van der Waals surface area contributed by atoms with Gasteiger partial charge in [0.1, 0.15) is 18.1 Å². The molecule has 0 spiro atoms. The quantitative estimate of drug-likeness (QED) is 0.557. The van der Waals surface area contributed by atoms with Crippen LogP contribution in [0.3, 0.4) is 0 Å². The second-order valence-corrected chi connectivity index (χ2v) is 12.3. The van der Waals surface area contributed by atoms with Crippen molar-refractivity contribution < 1.29 is 37.0 Å². The van der Waals surface area contributed by atoms with Crippen LogP contribution in [-0.2, 0) is 32.5 Å². The first-order valence-corrected chi connectivity index (χ1v) is 15.4. The first-order chi connectivity index (χ1) is 19.8. The maximum atomic E-state index is 14.1. The molecule has 0 radical (unpaired) electrons. The minimum absolute atomic E-state index is 0.00592. The molecule has 3 aliphatic rings. The summed E-state index contributed by atoms with van der Waals surface area (Å²) in [6.07, 6.45) is 3.03. The van der Waals surface area contributed by atoms with E-state index in [0.717, 1.165) is 11.1 Å². The van der Waals surface area contributed by atoms with E-state index in [1.54, 1.807) is 26.4 Å². The third-order valence-corrected chi connectivity index (χ3v) is 9.82. The van der Waals surface area contributed by atoms with Gasteiger partial charge >= 0.3 is 0 Å².